The van der Waals surface area contributed by atoms with E-state index in [1.165, 1.54) is 29.7 Å². The highest BCUT2D eigenvalue weighted by atomic mass is 16.6. The van der Waals surface area contributed by atoms with Crippen LogP contribution in [-0.2, 0) is 14.3 Å². The number of esters is 1. The third-order valence-corrected chi connectivity index (χ3v) is 3.44. The molecule has 24 heavy (non-hydrogen) atoms. The summed E-state index contributed by atoms with van der Waals surface area (Å²) in [5, 5.41) is 8.66. The number of carbonyl (C=O) groups is 1. The van der Waals surface area contributed by atoms with Gasteiger partial charge in [0.2, 0.25) is 0 Å². The lowest BCUT2D eigenvalue weighted by Gasteiger charge is -2.15. The largest absolute Gasteiger partial charge is 0.462 e. The van der Waals surface area contributed by atoms with Crippen LogP contribution in [-0.4, -0.2) is 40.0 Å². The molecule has 1 saturated heterocycles. The summed E-state index contributed by atoms with van der Waals surface area (Å²) in [6, 6.07) is 1.45. The molecule has 0 spiro atoms. The molecular weight excluding hydrogens is 316 g/mol. The fourth-order valence-electron chi connectivity index (χ4n) is 1.95. The summed E-state index contributed by atoms with van der Waals surface area (Å²) in [6.45, 7) is 4.31. The van der Waals surface area contributed by atoms with E-state index in [4.69, 9.17) is 20.4 Å². The number of hydrogen-bond acceptors (Lipinski definition) is 8. The van der Waals surface area contributed by atoms with Gasteiger partial charge >= 0.3 is 11.7 Å². The van der Waals surface area contributed by atoms with Gasteiger partial charge in [-0.1, -0.05) is 26.7 Å². The van der Waals surface area contributed by atoms with Crippen LogP contribution in [0.1, 0.15) is 45.8 Å². The molecule has 1 fully saturated rings. The number of anilines is 1. The highest BCUT2D eigenvalue weighted by Gasteiger charge is 2.28. The monoisotopic (exact) mass is 342 g/mol. The molecule has 2 rings (SSSR count). The van der Waals surface area contributed by atoms with Crippen LogP contribution >= 0.6 is 0 Å². The smallest absolute Gasteiger partial charge is 0.351 e. The van der Waals surface area contributed by atoms with Crippen LogP contribution in [0.25, 0.3) is 0 Å². The van der Waals surface area contributed by atoms with Crippen LogP contribution in [0.4, 0.5) is 5.82 Å². The van der Waals surface area contributed by atoms with E-state index < -0.39 is 17.9 Å². The van der Waals surface area contributed by atoms with Crippen molar-refractivity contribution in [3.05, 3.63) is 22.7 Å². The quantitative estimate of drug-likeness (QED) is 0.516. The van der Waals surface area contributed by atoms with Gasteiger partial charge in [-0.15, -0.1) is 0 Å². The maximum Gasteiger partial charge on any atom is 0.351 e. The Morgan fingerprint density at radius 2 is 2.21 bits per heavy atom. The molecule has 136 valence electrons. The van der Waals surface area contributed by atoms with Gasteiger partial charge in [0.25, 0.3) is 0 Å². The SMILES string of the molecule is CCCC.NCC(=O)OCC1CCC(n2ccc(NO)nc2=O)O1. The maximum atomic E-state index is 11.7. The first-order valence-electron chi connectivity index (χ1n) is 8.06. The standard InChI is InChI=1S/C11H16N4O5.C4H10/c12-5-10(16)19-6-7-1-2-9(20-7)15-4-3-8(14-18)13-11(15)17;1-3-4-2/h3-4,7,9,18H,1-2,5-6,12H2,(H,13,14,17);3-4H2,1-2H3. The number of ether oxygens (including phenoxy) is 2. The summed E-state index contributed by atoms with van der Waals surface area (Å²) in [6.07, 6.45) is 4.67. The van der Waals surface area contributed by atoms with Gasteiger partial charge in [0, 0.05) is 6.20 Å². The molecule has 0 radical (unpaired) electrons. The molecule has 2 atom stereocenters. The van der Waals surface area contributed by atoms with Crippen molar-refractivity contribution >= 4 is 11.8 Å². The fraction of sp³-hybridized carbons (Fsp3) is 0.667. The van der Waals surface area contributed by atoms with E-state index in [1.807, 2.05) is 0 Å². The predicted octanol–water partition coefficient (Wildman–Crippen LogP) is 1.03. The van der Waals surface area contributed by atoms with Crippen molar-refractivity contribution in [3.8, 4) is 0 Å². The Kier molecular flexibility index (Phi) is 8.98. The van der Waals surface area contributed by atoms with Crippen molar-refractivity contribution in [2.24, 2.45) is 5.73 Å². The predicted molar refractivity (Wildman–Crippen MR) is 87.6 cm³/mol. The Morgan fingerprint density at radius 3 is 2.75 bits per heavy atom. The molecule has 1 aromatic rings. The lowest BCUT2D eigenvalue weighted by atomic mass is 10.2. The van der Waals surface area contributed by atoms with Crippen molar-refractivity contribution < 1.29 is 19.5 Å². The van der Waals surface area contributed by atoms with Gasteiger partial charge < -0.3 is 15.2 Å². The van der Waals surface area contributed by atoms with Crippen molar-refractivity contribution in [1.82, 2.24) is 9.55 Å². The number of nitrogens with one attached hydrogen (secondary N) is 1. The molecular formula is C15H26N4O5. The van der Waals surface area contributed by atoms with Crippen LogP contribution < -0.4 is 16.9 Å². The van der Waals surface area contributed by atoms with Gasteiger partial charge in [-0.2, -0.15) is 4.98 Å². The number of rotatable bonds is 6. The average molecular weight is 342 g/mol. The number of unbranched alkanes of at least 4 members (excludes halogenated alkanes) is 1. The van der Waals surface area contributed by atoms with Gasteiger partial charge in [-0.3, -0.25) is 20.0 Å². The summed E-state index contributed by atoms with van der Waals surface area (Å²) in [7, 11) is 0. The second-order valence-corrected chi connectivity index (χ2v) is 5.29. The zero-order valence-electron chi connectivity index (χ0n) is 14.1. The molecule has 1 aliphatic rings. The number of nitrogens with zero attached hydrogens (tertiary/aromatic N) is 2. The van der Waals surface area contributed by atoms with E-state index in [2.05, 4.69) is 18.8 Å². The molecule has 9 nitrogen and oxygen atoms in total. The third kappa shape index (κ3) is 6.26. The first kappa shape index (κ1) is 20.1. The summed E-state index contributed by atoms with van der Waals surface area (Å²) in [5.41, 5.74) is 6.39. The molecule has 0 amide bonds. The highest BCUT2D eigenvalue weighted by molar-refractivity contribution is 5.71. The summed E-state index contributed by atoms with van der Waals surface area (Å²) < 4.78 is 11.8. The van der Waals surface area contributed by atoms with Gasteiger partial charge in [0.1, 0.15) is 12.8 Å². The minimum absolute atomic E-state index is 0.0673. The van der Waals surface area contributed by atoms with Gasteiger partial charge in [0.05, 0.1) is 12.6 Å². The van der Waals surface area contributed by atoms with Crippen LogP contribution in [0.2, 0.25) is 0 Å². The topological polar surface area (TPSA) is 129 Å². The average Bonchev–Trinajstić information content (AvgIpc) is 3.08. The number of nitrogens with two attached hydrogens (primary N) is 1. The highest BCUT2D eigenvalue weighted by Crippen LogP contribution is 2.27. The van der Waals surface area contributed by atoms with E-state index in [1.54, 1.807) is 5.48 Å². The van der Waals surface area contributed by atoms with Crippen LogP contribution in [0.5, 0.6) is 0 Å². The van der Waals surface area contributed by atoms with Crippen LogP contribution in [0.15, 0.2) is 17.1 Å². The molecule has 1 aromatic heterocycles. The van der Waals surface area contributed by atoms with E-state index in [0.717, 1.165) is 0 Å². The van der Waals surface area contributed by atoms with E-state index in [-0.39, 0.29) is 25.1 Å². The zero-order valence-corrected chi connectivity index (χ0v) is 14.1. The molecule has 2 unspecified atom stereocenters. The maximum absolute atomic E-state index is 11.7. The Bertz CT molecular complexity index is 561. The molecule has 0 saturated carbocycles. The minimum Gasteiger partial charge on any atom is -0.462 e. The Hall–Kier alpha value is -1.97. The van der Waals surface area contributed by atoms with Gasteiger partial charge in [-0.25, -0.2) is 4.79 Å². The number of hydrogen-bond donors (Lipinski definition) is 3. The lowest BCUT2D eigenvalue weighted by Crippen LogP contribution is -2.28. The number of aromatic nitrogens is 2. The Morgan fingerprint density at radius 1 is 1.50 bits per heavy atom. The Balaban J connectivity index is 0.000000648. The first-order chi connectivity index (χ1) is 11.5. The van der Waals surface area contributed by atoms with Gasteiger partial charge in [-0.05, 0) is 18.9 Å². The molecule has 9 heteroatoms. The summed E-state index contributed by atoms with van der Waals surface area (Å²) >= 11 is 0. The van der Waals surface area contributed by atoms with Gasteiger partial charge in [0.15, 0.2) is 5.82 Å². The molecule has 0 aromatic carbocycles. The zero-order chi connectivity index (χ0) is 17.9. The first-order valence-corrected chi connectivity index (χ1v) is 8.06. The van der Waals surface area contributed by atoms with E-state index >= 15 is 0 Å². The van der Waals surface area contributed by atoms with Crippen molar-refractivity contribution in [2.45, 2.75) is 51.9 Å². The van der Waals surface area contributed by atoms with Crippen molar-refractivity contribution in [1.29, 1.82) is 0 Å². The molecule has 0 aliphatic carbocycles. The second-order valence-electron chi connectivity index (χ2n) is 5.29. The summed E-state index contributed by atoms with van der Waals surface area (Å²) in [5.74, 6) is -0.424. The summed E-state index contributed by atoms with van der Waals surface area (Å²) in [4.78, 5) is 26.3. The minimum atomic E-state index is -0.534. The van der Waals surface area contributed by atoms with Crippen molar-refractivity contribution in [2.75, 3.05) is 18.6 Å². The number of carbonyl (C=O) groups excluding carboxylic acids is 1. The van der Waals surface area contributed by atoms with Crippen LogP contribution in [0, 0.1) is 0 Å². The third-order valence-electron chi connectivity index (χ3n) is 3.44. The molecule has 2 heterocycles. The Labute approximate surface area is 140 Å². The van der Waals surface area contributed by atoms with Crippen LogP contribution in [0.3, 0.4) is 0 Å². The molecule has 1 aliphatic heterocycles. The molecule has 0 bridgehead atoms. The van der Waals surface area contributed by atoms with E-state index in [0.29, 0.717) is 12.8 Å². The van der Waals surface area contributed by atoms with E-state index in [9.17, 15) is 9.59 Å². The molecule has 4 N–H and O–H groups in total. The lowest BCUT2D eigenvalue weighted by molar-refractivity contribution is -0.146. The second kappa shape index (κ2) is 10.7. The van der Waals surface area contributed by atoms with Crippen molar-refractivity contribution in [3.63, 3.8) is 0 Å². The fourth-order valence-corrected chi connectivity index (χ4v) is 1.95. The normalized spacial score (nSPS) is 19.3.